The van der Waals surface area contributed by atoms with E-state index < -0.39 is 6.10 Å². The minimum absolute atomic E-state index is 0.207. The largest absolute Gasteiger partial charge is 0.463 e. The van der Waals surface area contributed by atoms with Crippen LogP contribution in [-0.2, 0) is 6.42 Å². The van der Waals surface area contributed by atoms with Crippen molar-refractivity contribution in [3.63, 3.8) is 0 Å². The highest BCUT2D eigenvalue weighted by molar-refractivity contribution is 9.10. The Morgan fingerprint density at radius 3 is 2.85 bits per heavy atom. The van der Waals surface area contributed by atoms with Gasteiger partial charge in [-0.3, -0.25) is 0 Å². The third-order valence-corrected chi connectivity index (χ3v) is 4.37. The van der Waals surface area contributed by atoms with Crippen molar-refractivity contribution in [2.75, 3.05) is 0 Å². The van der Waals surface area contributed by atoms with E-state index in [1.54, 1.807) is 18.2 Å². The molecule has 20 heavy (non-hydrogen) atoms. The molecule has 106 valence electrons. The predicted molar refractivity (Wildman–Crippen MR) is 78.0 cm³/mol. The number of furan rings is 1. The van der Waals surface area contributed by atoms with E-state index in [1.165, 1.54) is 6.07 Å². The smallest absolute Gasteiger partial charge is 0.133 e. The van der Waals surface area contributed by atoms with Crippen LogP contribution in [0.3, 0.4) is 0 Å². The Labute approximate surface area is 125 Å². The number of halogens is 2. The van der Waals surface area contributed by atoms with Gasteiger partial charge in [-0.2, -0.15) is 0 Å². The average Bonchev–Trinajstić information content (AvgIpc) is 2.95. The molecule has 0 saturated heterocycles. The summed E-state index contributed by atoms with van der Waals surface area (Å²) >= 11 is 3.31. The van der Waals surface area contributed by atoms with Gasteiger partial charge in [0.15, 0.2) is 0 Å². The molecule has 1 N–H and O–H groups in total. The van der Waals surface area contributed by atoms with Crippen molar-refractivity contribution in [2.45, 2.75) is 31.8 Å². The Kier molecular flexibility index (Phi) is 3.69. The zero-order chi connectivity index (χ0) is 14.3. The fourth-order valence-corrected chi connectivity index (χ4v) is 2.88. The van der Waals surface area contributed by atoms with Crippen LogP contribution in [0, 0.1) is 11.7 Å². The molecule has 1 fully saturated rings. The lowest BCUT2D eigenvalue weighted by molar-refractivity contribution is 0.147. The summed E-state index contributed by atoms with van der Waals surface area (Å²) in [5.74, 6) is 2.28. The predicted octanol–water partition coefficient (Wildman–Crippen LogP) is 4.58. The molecule has 4 heteroatoms. The monoisotopic (exact) mass is 338 g/mol. The molecule has 0 amide bonds. The molecule has 0 spiro atoms. The molecule has 0 aliphatic heterocycles. The first kappa shape index (κ1) is 13.8. The van der Waals surface area contributed by atoms with Crippen LogP contribution >= 0.6 is 15.9 Å². The second-order valence-corrected chi connectivity index (χ2v) is 6.43. The van der Waals surface area contributed by atoms with Gasteiger partial charge in [-0.05, 0) is 48.2 Å². The third kappa shape index (κ3) is 2.81. The van der Waals surface area contributed by atoms with Gasteiger partial charge in [-0.1, -0.05) is 22.9 Å². The molecule has 1 aromatic heterocycles. The van der Waals surface area contributed by atoms with Gasteiger partial charge >= 0.3 is 0 Å². The molecule has 1 saturated carbocycles. The first-order valence-electron chi connectivity index (χ1n) is 6.76. The van der Waals surface area contributed by atoms with E-state index in [0.717, 1.165) is 16.7 Å². The van der Waals surface area contributed by atoms with E-state index in [-0.39, 0.29) is 12.2 Å². The molecular weight excluding hydrogens is 323 g/mol. The van der Waals surface area contributed by atoms with Crippen LogP contribution in [0.15, 0.2) is 39.2 Å². The number of aliphatic hydroxyl groups is 1. The second kappa shape index (κ2) is 5.34. The zero-order valence-corrected chi connectivity index (χ0v) is 12.7. The summed E-state index contributed by atoms with van der Waals surface area (Å²) in [5, 5.41) is 10.2. The van der Waals surface area contributed by atoms with E-state index in [4.69, 9.17) is 4.42 Å². The van der Waals surface area contributed by atoms with Gasteiger partial charge in [0.05, 0.1) is 0 Å². The SMILES string of the molecule is CC1CC1c1ccc(C(O)Cc2cc(Br)ccc2F)o1. The quantitative estimate of drug-likeness (QED) is 0.884. The van der Waals surface area contributed by atoms with Crippen molar-refractivity contribution in [1.29, 1.82) is 0 Å². The Balaban J connectivity index is 1.74. The number of hydrogen-bond donors (Lipinski definition) is 1. The van der Waals surface area contributed by atoms with Gasteiger partial charge in [0.25, 0.3) is 0 Å². The maximum Gasteiger partial charge on any atom is 0.133 e. The Morgan fingerprint density at radius 1 is 1.40 bits per heavy atom. The number of hydrogen-bond acceptors (Lipinski definition) is 2. The van der Waals surface area contributed by atoms with Crippen LogP contribution in [0.4, 0.5) is 4.39 Å². The van der Waals surface area contributed by atoms with E-state index in [9.17, 15) is 9.50 Å². The van der Waals surface area contributed by atoms with Crippen LogP contribution in [-0.4, -0.2) is 5.11 Å². The summed E-state index contributed by atoms with van der Waals surface area (Å²) in [5.41, 5.74) is 0.476. The van der Waals surface area contributed by atoms with Crippen molar-refractivity contribution < 1.29 is 13.9 Å². The van der Waals surface area contributed by atoms with Crippen LogP contribution < -0.4 is 0 Å². The molecule has 0 radical (unpaired) electrons. The standard InChI is InChI=1S/C16H16BrFO2/c1-9-6-12(9)15-4-5-16(20-15)14(19)8-10-7-11(17)2-3-13(10)18/h2-5,7,9,12,14,19H,6,8H2,1H3. The van der Waals surface area contributed by atoms with E-state index in [0.29, 0.717) is 23.2 Å². The van der Waals surface area contributed by atoms with Crippen molar-refractivity contribution >= 4 is 15.9 Å². The lowest BCUT2D eigenvalue weighted by Crippen LogP contribution is -2.02. The highest BCUT2D eigenvalue weighted by Gasteiger charge is 2.36. The Morgan fingerprint density at radius 2 is 2.15 bits per heavy atom. The fraction of sp³-hybridized carbons (Fsp3) is 0.375. The highest BCUT2D eigenvalue weighted by atomic mass is 79.9. The highest BCUT2D eigenvalue weighted by Crippen LogP contribution is 2.47. The number of rotatable bonds is 4. The van der Waals surface area contributed by atoms with Gasteiger partial charge in [-0.15, -0.1) is 0 Å². The molecule has 2 aromatic rings. The Hall–Kier alpha value is -1.13. The topological polar surface area (TPSA) is 33.4 Å². The van der Waals surface area contributed by atoms with Crippen LogP contribution in [0.1, 0.15) is 42.5 Å². The summed E-state index contributed by atoms with van der Waals surface area (Å²) in [4.78, 5) is 0. The molecule has 2 nitrogen and oxygen atoms in total. The summed E-state index contributed by atoms with van der Waals surface area (Å²) in [7, 11) is 0. The molecule has 1 aliphatic rings. The molecule has 3 atom stereocenters. The Bertz CT molecular complexity index is 623. The minimum Gasteiger partial charge on any atom is -0.463 e. The van der Waals surface area contributed by atoms with Gasteiger partial charge in [-0.25, -0.2) is 4.39 Å². The molecule has 1 heterocycles. The van der Waals surface area contributed by atoms with Gasteiger partial charge in [0.2, 0.25) is 0 Å². The van der Waals surface area contributed by atoms with E-state index in [2.05, 4.69) is 22.9 Å². The second-order valence-electron chi connectivity index (χ2n) is 5.52. The van der Waals surface area contributed by atoms with Gasteiger partial charge in [0, 0.05) is 16.8 Å². The van der Waals surface area contributed by atoms with Crippen molar-refractivity contribution in [3.05, 3.63) is 57.7 Å². The number of aliphatic hydroxyl groups excluding tert-OH is 1. The van der Waals surface area contributed by atoms with Crippen molar-refractivity contribution in [1.82, 2.24) is 0 Å². The summed E-state index contributed by atoms with van der Waals surface area (Å²) in [6.45, 7) is 2.18. The van der Waals surface area contributed by atoms with Crippen LogP contribution in [0.2, 0.25) is 0 Å². The normalized spacial score (nSPS) is 22.8. The number of benzene rings is 1. The van der Waals surface area contributed by atoms with Gasteiger partial charge in [0.1, 0.15) is 23.4 Å². The van der Waals surface area contributed by atoms with Crippen molar-refractivity contribution in [2.24, 2.45) is 5.92 Å². The first-order valence-corrected chi connectivity index (χ1v) is 7.55. The van der Waals surface area contributed by atoms with Gasteiger partial charge < -0.3 is 9.52 Å². The summed E-state index contributed by atoms with van der Waals surface area (Å²) < 4.78 is 20.2. The van der Waals surface area contributed by atoms with E-state index >= 15 is 0 Å². The summed E-state index contributed by atoms with van der Waals surface area (Å²) in [6, 6.07) is 8.44. The van der Waals surface area contributed by atoms with E-state index in [1.807, 2.05) is 6.07 Å². The fourth-order valence-electron chi connectivity index (χ4n) is 2.47. The maximum absolute atomic E-state index is 13.7. The first-order chi connectivity index (χ1) is 9.54. The molecule has 1 aromatic carbocycles. The molecule has 3 unspecified atom stereocenters. The molecule has 1 aliphatic carbocycles. The van der Waals surface area contributed by atoms with Crippen LogP contribution in [0.25, 0.3) is 0 Å². The molecule has 3 rings (SSSR count). The molecule has 0 bridgehead atoms. The summed E-state index contributed by atoms with van der Waals surface area (Å²) in [6.07, 6.45) is 0.531. The third-order valence-electron chi connectivity index (χ3n) is 3.87. The maximum atomic E-state index is 13.7. The van der Waals surface area contributed by atoms with Crippen LogP contribution in [0.5, 0.6) is 0 Å². The minimum atomic E-state index is -0.818. The average molecular weight is 339 g/mol. The lowest BCUT2D eigenvalue weighted by Gasteiger charge is -2.09. The van der Waals surface area contributed by atoms with Crippen molar-refractivity contribution in [3.8, 4) is 0 Å². The lowest BCUT2D eigenvalue weighted by atomic mass is 10.1. The molecular formula is C16H16BrFO2. The zero-order valence-electron chi connectivity index (χ0n) is 11.1.